The molecule has 4 atom stereocenters. The van der Waals surface area contributed by atoms with Gasteiger partial charge in [-0.1, -0.05) is 67.8 Å². The van der Waals surface area contributed by atoms with E-state index in [4.69, 9.17) is 9.90 Å². The van der Waals surface area contributed by atoms with Crippen LogP contribution in [-0.4, -0.2) is 62.7 Å². The molecular formula is C36H49F3N3O3+. The molecule has 0 radical (unpaired) electrons. The van der Waals surface area contributed by atoms with Gasteiger partial charge in [0.1, 0.15) is 18.4 Å². The molecular weight excluding hydrogens is 579 g/mol. The number of benzene rings is 2. The summed E-state index contributed by atoms with van der Waals surface area (Å²) < 4.78 is 31.5. The van der Waals surface area contributed by atoms with Gasteiger partial charge in [0.05, 0.1) is 32.6 Å². The lowest BCUT2D eigenvalue weighted by Crippen LogP contribution is -3.04. The van der Waals surface area contributed by atoms with Crippen molar-refractivity contribution >= 4 is 11.9 Å². The monoisotopic (exact) mass is 628 g/mol. The predicted octanol–water partition coefficient (Wildman–Crippen LogP) is 2.75. The van der Waals surface area contributed by atoms with Gasteiger partial charge in [0.2, 0.25) is 5.91 Å². The van der Waals surface area contributed by atoms with Gasteiger partial charge in [0, 0.05) is 18.2 Å². The fourth-order valence-corrected chi connectivity index (χ4v) is 8.91. The molecule has 2 heterocycles. The number of nitrogens with two attached hydrogens (primary N) is 1. The van der Waals surface area contributed by atoms with Crippen LogP contribution in [0.1, 0.15) is 86.0 Å². The number of carbonyl (C=O) groups excluding carboxylic acids is 2. The second-order valence-electron chi connectivity index (χ2n) is 14.0. The fraction of sp³-hybridized carbons (Fsp3) is 0.611. The molecule has 3 fully saturated rings. The van der Waals surface area contributed by atoms with Crippen LogP contribution in [0.25, 0.3) is 0 Å². The van der Waals surface area contributed by atoms with Gasteiger partial charge in [-0.05, 0) is 73.5 Å². The van der Waals surface area contributed by atoms with Crippen LogP contribution in [0.2, 0.25) is 0 Å². The number of carboxylic acids is 1. The minimum Gasteiger partial charge on any atom is -0.542 e. The van der Waals surface area contributed by atoms with Crippen molar-refractivity contribution in [3.8, 4) is 0 Å². The molecule has 0 bridgehead atoms. The normalized spacial score (nSPS) is 27.2. The second kappa shape index (κ2) is 14.2. The Bertz CT molecular complexity index is 1310. The summed E-state index contributed by atoms with van der Waals surface area (Å²) in [6.07, 6.45) is 7.27. The zero-order chi connectivity index (χ0) is 32.2. The second-order valence-corrected chi connectivity index (χ2v) is 14.0. The number of carboxylic acid groups (broad SMARTS) is 1. The lowest BCUT2D eigenvalue weighted by atomic mass is 9.63. The zero-order valence-electron chi connectivity index (χ0n) is 26.7. The zero-order valence-corrected chi connectivity index (χ0v) is 26.7. The Balaban J connectivity index is 0.000000515. The quantitative estimate of drug-likeness (QED) is 0.535. The molecule has 9 heteroatoms. The number of nitrogens with zero attached hydrogens (tertiary/aromatic N) is 1. The molecule has 6 rings (SSSR count). The van der Waals surface area contributed by atoms with Crippen molar-refractivity contribution in [2.45, 2.75) is 94.3 Å². The Morgan fingerprint density at radius 1 is 1.00 bits per heavy atom. The highest BCUT2D eigenvalue weighted by Crippen LogP contribution is 2.47. The molecule has 6 nitrogen and oxygen atoms in total. The molecule has 45 heavy (non-hydrogen) atoms. The average Bonchev–Trinajstić information content (AvgIpc) is 3.45. The molecule has 1 amide bonds. The maximum Gasteiger partial charge on any atom is 0.430 e. The van der Waals surface area contributed by atoms with Gasteiger partial charge < -0.3 is 25.0 Å². The minimum atomic E-state index is -5.19. The summed E-state index contributed by atoms with van der Waals surface area (Å²) in [5.41, 5.74) is 6.07. The summed E-state index contributed by atoms with van der Waals surface area (Å²) >= 11 is 0. The van der Waals surface area contributed by atoms with E-state index in [1.165, 1.54) is 73.0 Å². The highest BCUT2D eigenvalue weighted by atomic mass is 19.4. The number of nitrogens with one attached hydrogen (secondary N) is 1. The molecule has 2 aromatic carbocycles. The summed E-state index contributed by atoms with van der Waals surface area (Å²) in [4.78, 5) is 27.4. The van der Waals surface area contributed by atoms with Crippen LogP contribution >= 0.6 is 0 Å². The van der Waals surface area contributed by atoms with Crippen molar-refractivity contribution in [3.63, 3.8) is 0 Å². The number of piperidine rings is 1. The van der Waals surface area contributed by atoms with Gasteiger partial charge in [-0.2, -0.15) is 13.2 Å². The van der Waals surface area contributed by atoms with Gasteiger partial charge in [-0.3, -0.25) is 4.79 Å². The number of hydrogen-bond donors (Lipinski definition) is 2. The highest BCUT2D eigenvalue weighted by Gasteiger charge is 2.55. The summed E-state index contributed by atoms with van der Waals surface area (Å²) in [5.74, 6) is -1.15. The third-order valence-corrected chi connectivity index (χ3v) is 10.9. The van der Waals surface area contributed by atoms with E-state index < -0.39 is 12.1 Å². The summed E-state index contributed by atoms with van der Waals surface area (Å²) in [7, 11) is 4.50. The van der Waals surface area contributed by atoms with Crippen molar-refractivity contribution in [1.82, 2.24) is 4.90 Å². The number of halogens is 3. The predicted molar refractivity (Wildman–Crippen MR) is 164 cm³/mol. The number of likely N-dealkylation sites (tertiary alicyclic amines) is 1. The van der Waals surface area contributed by atoms with E-state index >= 15 is 0 Å². The Morgan fingerprint density at radius 3 is 2.38 bits per heavy atom. The van der Waals surface area contributed by atoms with E-state index in [0.717, 1.165) is 39.0 Å². The van der Waals surface area contributed by atoms with E-state index in [2.05, 4.69) is 72.8 Å². The van der Waals surface area contributed by atoms with Gasteiger partial charge in [0.25, 0.3) is 0 Å². The number of amides is 1. The highest BCUT2D eigenvalue weighted by molar-refractivity contribution is 5.82. The van der Waals surface area contributed by atoms with Crippen LogP contribution in [0.3, 0.4) is 0 Å². The molecule has 2 aliphatic heterocycles. The van der Waals surface area contributed by atoms with Crippen LogP contribution in [0.15, 0.2) is 48.5 Å². The smallest absolute Gasteiger partial charge is 0.430 e. The lowest BCUT2D eigenvalue weighted by Gasteiger charge is -2.47. The Labute approximate surface area is 265 Å². The third-order valence-electron chi connectivity index (χ3n) is 10.9. The van der Waals surface area contributed by atoms with Gasteiger partial charge in [-0.15, -0.1) is 0 Å². The van der Waals surface area contributed by atoms with Gasteiger partial charge >= 0.3 is 6.18 Å². The molecule has 0 unspecified atom stereocenters. The number of quaternary nitrogens is 2. The summed E-state index contributed by atoms with van der Waals surface area (Å²) in [6.45, 7) is 4.03. The van der Waals surface area contributed by atoms with Crippen molar-refractivity contribution in [1.29, 1.82) is 0 Å². The molecule has 1 saturated carbocycles. The van der Waals surface area contributed by atoms with Gasteiger partial charge in [0.15, 0.2) is 0 Å². The van der Waals surface area contributed by atoms with Crippen LogP contribution in [-0.2, 0) is 28.0 Å². The van der Waals surface area contributed by atoms with Crippen molar-refractivity contribution in [2.24, 2.45) is 11.8 Å². The van der Waals surface area contributed by atoms with E-state index in [1.54, 1.807) is 5.56 Å². The van der Waals surface area contributed by atoms with E-state index in [9.17, 15) is 18.0 Å². The molecule has 2 saturated heterocycles. The van der Waals surface area contributed by atoms with E-state index in [0.29, 0.717) is 23.8 Å². The van der Waals surface area contributed by atoms with Crippen molar-refractivity contribution in [2.75, 3.05) is 33.7 Å². The summed E-state index contributed by atoms with van der Waals surface area (Å²) in [6, 6.07) is 18.5. The van der Waals surface area contributed by atoms with Crippen LogP contribution in [0.5, 0.6) is 0 Å². The number of carbonyl (C=O) groups is 2. The molecule has 246 valence electrons. The molecule has 3 N–H and O–H groups in total. The standard InChI is InChI=1S/C34H47N3O.C2HF3O2/c1-36(2)23-28-15-9-17-30-29(28)16-10-19-34(30)24-35-22-31(34)33(38)37-20-18-27(25-11-5-3-6-12-25)21-32(37)26-13-7-4-8-14-26;3-2(4,5)1(6)7/h3,5-6,9,11-12,15,17,26-27,31-32,35H,4,7-8,10,13-14,16,18-24H2,1-2H3;(H,6,7)/p+1/t27-,31+,32+,34+;/m1./s1. The Hall–Kier alpha value is -2.91. The maximum absolute atomic E-state index is 14.7. The summed E-state index contributed by atoms with van der Waals surface area (Å²) in [5, 5.41) is 11.3. The number of alkyl halides is 3. The first kappa shape index (κ1) is 33.5. The molecule has 2 aliphatic carbocycles. The minimum absolute atomic E-state index is 0.00964. The van der Waals surface area contributed by atoms with E-state index in [-0.39, 0.29) is 11.3 Å². The largest absolute Gasteiger partial charge is 0.542 e. The first-order valence-corrected chi connectivity index (χ1v) is 16.9. The number of aliphatic carboxylic acids is 1. The number of fused-ring (bicyclic) bond motifs is 2. The Kier molecular flexibility index (Phi) is 10.6. The van der Waals surface area contributed by atoms with Gasteiger partial charge in [-0.25, -0.2) is 0 Å². The fourth-order valence-electron chi connectivity index (χ4n) is 8.91. The van der Waals surface area contributed by atoms with Crippen molar-refractivity contribution in [3.05, 3.63) is 70.8 Å². The average molecular weight is 629 g/mol. The lowest BCUT2D eigenvalue weighted by molar-refractivity contribution is -0.872. The third kappa shape index (κ3) is 7.40. The number of hydrogen-bond acceptors (Lipinski definition) is 3. The molecule has 1 spiro atoms. The molecule has 4 aliphatic rings. The first-order chi connectivity index (χ1) is 21.5. The first-order valence-electron chi connectivity index (χ1n) is 16.9. The van der Waals surface area contributed by atoms with E-state index in [1.807, 2.05) is 0 Å². The van der Waals surface area contributed by atoms with Crippen LogP contribution in [0.4, 0.5) is 13.2 Å². The Morgan fingerprint density at radius 2 is 1.71 bits per heavy atom. The number of rotatable bonds is 5. The SMILES string of the molecule is C[NH+](C)Cc1cccc2c1CCC[C@]21C[NH2+]C[C@H]1C(=O)N1CC[C@@H](c2ccccc2)C[C@H]1C1CCCCC1.O=C([O-])C(F)(F)F. The topological polar surface area (TPSA) is 81.5 Å². The van der Waals surface area contributed by atoms with Crippen molar-refractivity contribution < 1.29 is 38.1 Å². The van der Waals surface area contributed by atoms with Crippen LogP contribution < -0.4 is 15.3 Å². The maximum atomic E-state index is 14.7. The molecule has 0 aromatic heterocycles. The van der Waals surface area contributed by atoms with Crippen LogP contribution in [0, 0.1) is 11.8 Å². The molecule has 2 aromatic rings.